The van der Waals surface area contributed by atoms with Gasteiger partial charge in [0.15, 0.2) is 0 Å². The average Bonchev–Trinajstić information content (AvgIpc) is 3.29. The van der Waals surface area contributed by atoms with Crippen LogP contribution in [-0.4, -0.2) is 47.5 Å². The van der Waals surface area contributed by atoms with Gasteiger partial charge in [-0.25, -0.2) is 0 Å². The van der Waals surface area contributed by atoms with E-state index in [2.05, 4.69) is 4.74 Å². The predicted octanol–water partition coefficient (Wildman–Crippen LogP) is 4.48. The number of anilines is 1. The zero-order valence-corrected chi connectivity index (χ0v) is 18.7. The van der Waals surface area contributed by atoms with E-state index in [1.807, 2.05) is 24.3 Å². The normalized spacial score (nSPS) is 21.1. The molecule has 7 nitrogen and oxygen atoms in total. The first-order valence-electron chi connectivity index (χ1n) is 11.2. The van der Waals surface area contributed by atoms with Crippen LogP contribution in [0, 0.1) is 5.92 Å². The van der Waals surface area contributed by atoms with Crippen LogP contribution in [0.4, 0.5) is 14.5 Å². The molecule has 2 aliphatic rings. The van der Waals surface area contributed by atoms with E-state index in [0.717, 1.165) is 24.8 Å². The van der Waals surface area contributed by atoms with E-state index in [9.17, 15) is 23.2 Å². The van der Waals surface area contributed by atoms with Gasteiger partial charge in [0.05, 0.1) is 12.5 Å². The van der Waals surface area contributed by atoms with Gasteiger partial charge in [-0.05, 0) is 48.7 Å². The number of fused-ring (bicyclic) bond motifs is 2. The summed E-state index contributed by atoms with van der Waals surface area (Å²) in [7, 11) is 1.69. The third-order valence-electron chi connectivity index (χ3n) is 6.69. The van der Waals surface area contributed by atoms with E-state index in [0.29, 0.717) is 11.3 Å². The van der Waals surface area contributed by atoms with Crippen molar-refractivity contribution in [1.29, 1.82) is 0 Å². The fourth-order valence-corrected chi connectivity index (χ4v) is 5.24. The molecule has 1 fully saturated rings. The molecule has 0 bridgehead atoms. The van der Waals surface area contributed by atoms with Crippen LogP contribution in [0.5, 0.6) is 5.75 Å². The summed E-state index contributed by atoms with van der Waals surface area (Å²) in [5.74, 6) is -1.54. The number of alkyl halides is 2. The third-order valence-corrected chi connectivity index (χ3v) is 6.69. The van der Waals surface area contributed by atoms with Crippen molar-refractivity contribution in [2.75, 3.05) is 11.9 Å². The molecule has 4 rings (SSSR count). The molecule has 2 aromatic rings. The van der Waals surface area contributed by atoms with E-state index >= 15 is 0 Å². The van der Waals surface area contributed by atoms with Gasteiger partial charge in [-0.3, -0.25) is 14.4 Å². The molecule has 2 aromatic carbocycles. The van der Waals surface area contributed by atoms with Crippen molar-refractivity contribution in [2.45, 2.75) is 50.8 Å². The summed E-state index contributed by atoms with van der Waals surface area (Å²) in [6.45, 7) is -2.94. The van der Waals surface area contributed by atoms with E-state index in [1.165, 1.54) is 24.3 Å². The van der Waals surface area contributed by atoms with Gasteiger partial charge in [-0.2, -0.15) is 8.78 Å². The maximum atomic E-state index is 13.6. The Morgan fingerprint density at radius 2 is 1.79 bits per heavy atom. The molecule has 1 aliphatic heterocycles. The lowest BCUT2D eigenvalue weighted by Gasteiger charge is -2.46. The Hall–Kier alpha value is -3.49. The molecule has 1 N–H and O–H groups in total. The van der Waals surface area contributed by atoms with Gasteiger partial charge in [0, 0.05) is 36.7 Å². The van der Waals surface area contributed by atoms with Crippen LogP contribution in [0.15, 0.2) is 48.5 Å². The number of para-hydroxylation sites is 1. The average molecular weight is 472 g/mol. The second-order valence-corrected chi connectivity index (χ2v) is 8.64. The topological polar surface area (TPSA) is 87.2 Å². The van der Waals surface area contributed by atoms with Gasteiger partial charge in [0.2, 0.25) is 5.91 Å². The summed E-state index contributed by atoms with van der Waals surface area (Å²) < 4.78 is 29.3. The van der Waals surface area contributed by atoms with Crippen LogP contribution in [0.1, 0.15) is 54.1 Å². The number of rotatable bonds is 7. The molecule has 34 heavy (non-hydrogen) atoms. The molecule has 180 valence electrons. The molecule has 3 atom stereocenters. The van der Waals surface area contributed by atoms with E-state index in [-0.39, 0.29) is 48.4 Å². The standard InChI is InChI=1S/C25H26F2N2O5/c1-28(21(30)13-14-22(31)32)23-17-5-2-3-7-19(17)29(20-8-4-6-18(20)23)24(33)15-9-11-16(12-10-15)34-25(26)27/h2-3,5,7,9-12,18,20,23,25H,4,6,8,13-14H2,1H3,(H,31,32). The fraction of sp³-hybridized carbons (Fsp3) is 0.400. The zero-order valence-electron chi connectivity index (χ0n) is 18.7. The molecular formula is C25H26F2N2O5. The predicted molar refractivity (Wildman–Crippen MR) is 120 cm³/mol. The van der Waals surface area contributed by atoms with Crippen LogP contribution >= 0.6 is 0 Å². The lowest BCUT2D eigenvalue weighted by molar-refractivity contribution is -0.141. The lowest BCUT2D eigenvalue weighted by atomic mass is 9.81. The summed E-state index contributed by atoms with van der Waals surface area (Å²) in [5.41, 5.74) is 1.89. The second kappa shape index (κ2) is 9.79. The fourth-order valence-electron chi connectivity index (χ4n) is 5.24. The number of benzene rings is 2. The van der Waals surface area contributed by atoms with Crippen molar-refractivity contribution < 1.29 is 33.0 Å². The van der Waals surface area contributed by atoms with E-state index in [4.69, 9.17) is 5.11 Å². The number of carboxylic acids is 1. The number of carbonyl (C=O) groups is 3. The van der Waals surface area contributed by atoms with Gasteiger partial charge < -0.3 is 19.6 Å². The summed E-state index contributed by atoms with van der Waals surface area (Å²) >= 11 is 0. The molecule has 1 aliphatic carbocycles. The first kappa shape index (κ1) is 23.7. The van der Waals surface area contributed by atoms with Crippen LogP contribution in [0.25, 0.3) is 0 Å². The Morgan fingerprint density at radius 1 is 1.09 bits per heavy atom. The largest absolute Gasteiger partial charge is 0.481 e. The van der Waals surface area contributed by atoms with Crippen LogP contribution < -0.4 is 9.64 Å². The minimum absolute atomic E-state index is 0.000863. The van der Waals surface area contributed by atoms with Crippen molar-refractivity contribution in [3.8, 4) is 5.75 Å². The Kier molecular flexibility index (Phi) is 6.81. The molecule has 2 amide bonds. The van der Waals surface area contributed by atoms with Gasteiger partial charge in [0.25, 0.3) is 5.91 Å². The van der Waals surface area contributed by atoms with Crippen molar-refractivity contribution in [3.63, 3.8) is 0 Å². The molecule has 0 aromatic heterocycles. The second-order valence-electron chi connectivity index (χ2n) is 8.64. The van der Waals surface area contributed by atoms with Crippen LogP contribution in [-0.2, 0) is 9.59 Å². The number of halogens is 2. The Balaban J connectivity index is 1.67. The molecule has 1 heterocycles. The van der Waals surface area contributed by atoms with E-state index < -0.39 is 12.6 Å². The quantitative estimate of drug-likeness (QED) is 0.642. The molecule has 9 heteroatoms. The molecule has 3 unspecified atom stereocenters. The summed E-state index contributed by atoms with van der Waals surface area (Å²) in [6, 6.07) is 12.7. The third kappa shape index (κ3) is 4.60. The van der Waals surface area contributed by atoms with Crippen molar-refractivity contribution >= 4 is 23.5 Å². The SMILES string of the molecule is CN(C(=O)CCC(=O)O)C1c2ccccc2N(C(=O)c2ccc(OC(F)F)cc2)C2CCCC12. The smallest absolute Gasteiger partial charge is 0.387 e. The Bertz CT molecular complexity index is 1080. The van der Waals surface area contributed by atoms with Gasteiger partial charge in [-0.15, -0.1) is 0 Å². The number of amides is 2. The monoisotopic (exact) mass is 472 g/mol. The van der Waals surface area contributed by atoms with Crippen molar-refractivity contribution in [3.05, 3.63) is 59.7 Å². The van der Waals surface area contributed by atoms with Gasteiger partial charge in [-0.1, -0.05) is 24.6 Å². The number of hydrogen-bond donors (Lipinski definition) is 1. The van der Waals surface area contributed by atoms with Gasteiger partial charge in [0.1, 0.15) is 5.75 Å². The highest BCUT2D eigenvalue weighted by Gasteiger charge is 2.48. The number of ether oxygens (including phenoxy) is 1. The van der Waals surface area contributed by atoms with E-state index in [1.54, 1.807) is 16.8 Å². The number of carboxylic acid groups (broad SMARTS) is 1. The number of aliphatic carboxylic acids is 1. The van der Waals surface area contributed by atoms with Crippen molar-refractivity contribution in [1.82, 2.24) is 4.90 Å². The number of nitrogens with zero attached hydrogens (tertiary/aromatic N) is 2. The maximum Gasteiger partial charge on any atom is 0.387 e. The molecule has 0 radical (unpaired) electrons. The van der Waals surface area contributed by atoms with Crippen molar-refractivity contribution in [2.24, 2.45) is 5.92 Å². The Morgan fingerprint density at radius 3 is 2.47 bits per heavy atom. The summed E-state index contributed by atoms with van der Waals surface area (Å²) in [6.07, 6.45) is 2.16. The minimum Gasteiger partial charge on any atom is -0.481 e. The molecular weight excluding hydrogens is 446 g/mol. The van der Waals surface area contributed by atoms with Crippen LogP contribution in [0.2, 0.25) is 0 Å². The first-order valence-corrected chi connectivity index (χ1v) is 11.2. The highest BCUT2D eigenvalue weighted by molar-refractivity contribution is 6.07. The Labute approximate surface area is 195 Å². The first-order chi connectivity index (χ1) is 16.3. The highest BCUT2D eigenvalue weighted by Crippen LogP contribution is 2.50. The minimum atomic E-state index is -2.94. The maximum absolute atomic E-state index is 13.6. The molecule has 0 spiro atoms. The zero-order chi connectivity index (χ0) is 24.4. The summed E-state index contributed by atoms with van der Waals surface area (Å²) in [4.78, 5) is 40.8. The molecule has 1 saturated carbocycles. The van der Waals surface area contributed by atoms with Gasteiger partial charge >= 0.3 is 12.6 Å². The number of carbonyl (C=O) groups excluding carboxylic acids is 2. The summed E-state index contributed by atoms with van der Waals surface area (Å²) in [5, 5.41) is 8.97. The lowest BCUT2D eigenvalue weighted by Crippen LogP contribution is -2.51. The molecule has 0 saturated heterocycles. The number of hydrogen-bond acceptors (Lipinski definition) is 4. The highest BCUT2D eigenvalue weighted by atomic mass is 19.3. The van der Waals surface area contributed by atoms with Crippen LogP contribution in [0.3, 0.4) is 0 Å².